The minimum absolute atomic E-state index is 0.389. The van der Waals surface area contributed by atoms with Gasteiger partial charge in [-0.3, -0.25) is 0 Å². The first-order valence-electron chi connectivity index (χ1n) is 6.94. The Morgan fingerprint density at radius 2 is 1.87 bits per heavy atom. The molecule has 0 bridgehead atoms. The predicted molar refractivity (Wildman–Crippen MR) is 90.4 cm³/mol. The fraction of sp³-hybridized carbons (Fsp3) is 0.0625. The van der Waals surface area contributed by atoms with Crippen LogP contribution >= 0.6 is 23.4 Å². The van der Waals surface area contributed by atoms with Crippen LogP contribution in [0.3, 0.4) is 0 Å². The van der Waals surface area contributed by atoms with Gasteiger partial charge in [0.05, 0.1) is 11.0 Å². The van der Waals surface area contributed by atoms with E-state index in [1.54, 1.807) is 0 Å². The smallest absolute Gasteiger partial charge is 0.284 e. The lowest BCUT2D eigenvalue weighted by Gasteiger charge is -1.97. The molecule has 0 aliphatic heterocycles. The first-order valence-corrected chi connectivity index (χ1v) is 8.30. The van der Waals surface area contributed by atoms with E-state index in [-0.39, 0.29) is 0 Å². The van der Waals surface area contributed by atoms with Crippen molar-refractivity contribution >= 4 is 34.4 Å². The minimum atomic E-state index is 0.389. The van der Waals surface area contributed by atoms with Gasteiger partial charge in [-0.15, -0.1) is 10.2 Å². The van der Waals surface area contributed by atoms with Gasteiger partial charge < -0.3 is 9.40 Å². The van der Waals surface area contributed by atoms with Crippen molar-refractivity contribution in [2.24, 2.45) is 0 Å². The van der Waals surface area contributed by atoms with Crippen molar-refractivity contribution < 1.29 is 4.42 Å². The highest BCUT2D eigenvalue weighted by Gasteiger charge is 2.13. The molecule has 2 aromatic heterocycles. The number of rotatable bonds is 4. The number of nitrogens with zero attached hydrogens (tertiary/aromatic N) is 3. The SMILES string of the molecule is Clc1ccc(CSc2nnc(-c3nc4ccccc4[nH]3)o2)cc1. The number of nitrogens with one attached hydrogen (secondary N) is 1. The monoisotopic (exact) mass is 342 g/mol. The Hall–Kier alpha value is -2.31. The van der Waals surface area contributed by atoms with E-state index in [0.29, 0.717) is 16.9 Å². The second-order valence-corrected chi connectivity index (χ2v) is 6.25. The molecule has 5 nitrogen and oxygen atoms in total. The number of hydrogen-bond donors (Lipinski definition) is 1. The summed E-state index contributed by atoms with van der Waals surface area (Å²) in [6.45, 7) is 0. The van der Waals surface area contributed by atoms with Crippen LogP contribution in [0.25, 0.3) is 22.7 Å². The van der Waals surface area contributed by atoms with Crippen molar-refractivity contribution in [3.8, 4) is 11.7 Å². The number of benzene rings is 2. The van der Waals surface area contributed by atoms with Crippen molar-refractivity contribution in [1.29, 1.82) is 0 Å². The van der Waals surface area contributed by atoms with Crippen molar-refractivity contribution in [1.82, 2.24) is 20.2 Å². The normalized spacial score (nSPS) is 11.2. The number of H-pyrrole nitrogens is 1. The third-order valence-electron chi connectivity index (χ3n) is 3.27. The number of hydrogen-bond acceptors (Lipinski definition) is 5. The summed E-state index contributed by atoms with van der Waals surface area (Å²) in [7, 11) is 0. The Morgan fingerprint density at radius 3 is 2.70 bits per heavy atom. The van der Waals surface area contributed by atoms with Gasteiger partial charge in [0, 0.05) is 10.8 Å². The zero-order chi connectivity index (χ0) is 15.6. The topological polar surface area (TPSA) is 67.6 Å². The molecule has 1 N–H and O–H groups in total. The van der Waals surface area contributed by atoms with Crippen molar-refractivity contribution in [2.75, 3.05) is 0 Å². The van der Waals surface area contributed by atoms with Crippen LogP contribution in [0, 0.1) is 0 Å². The van der Waals surface area contributed by atoms with Gasteiger partial charge in [-0.05, 0) is 29.8 Å². The summed E-state index contributed by atoms with van der Waals surface area (Å²) in [5, 5.41) is 9.35. The van der Waals surface area contributed by atoms with Crippen LogP contribution in [-0.2, 0) is 5.75 Å². The third-order valence-corrected chi connectivity index (χ3v) is 4.42. The number of imidazole rings is 1. The molecule has 114 valence electrons. The molecule has 0 unspecified atom stereocenters. The highest BCUT2D eigenvalue weighted by molar-refractivity contribution is 7.98. The van der Waals surface area contributed by atoms with E-state index < -0.39 is 0 Å². The molecule has 4 rings (SSSR count). The van der Waals surface area contributed by atoms with E-state index >= 15 is 0 Å². The van der Waals surface area contributed by atoms with Crippen molar-refractivity contribution in [3.63, 3.8) is 0 Å². The summed E-state index contributed by atoms with van der Waals surface area (Å²) >= 11 is 7.35. The standard InChI is InChI=1S/C16H11ClN4OS/c17-11-7-5-10(6-8-11)9-23-16-21-20-15(22-16)14-18-12-3-1-2-4-13(12)19-14/h1-8H,9H2,(H,18,19). The van der Waals surface area contributed by atoms with Crippen LogP contribution in [0.15, 0.2) is 58.2 Å². The van der Waals surface area contributed by atoms with Crippen molar-refractivity contribution in [3.05, 3.63) is 59.1 Å². The van der Waals surface area contributed by atoms with Gasteiger partial charge in [0.2, 0.25) is 0 Å². The summed E-state index contributed by atoms with van der Waals surface area (Å²) in [6, 6.07) is 15.5. The molecule has 0 aliphatic carbocycles. The van der Waals surface area contributed by atoms with Gasteiger partial charge in [0.1, 0.15) is 0 Å². The van der Waals surface area contributed by atoms with Gasteiger partial charge in [-0.1, -0.05) is 47.6 Å². The van der Waals surface area contributed by atoms with Gasteiger partial charge in [0.15, 0.2) is 5.82 Å². The number of fused-ring (bicyclic) bond motifs is 1. The van der Waals surface area contributed by atoms with E-state index in [1.807, 2.05) is 48.5 Å². The molecule has 0 saturated heterocycles. The van der Waals surface area contributed by atoms with Crippen LogP contribution in [0.2, 0.25) is 5.02 Å². The van der Waals surface area contributed by atoms with Crippen molar-refractivity contribution in [2.45, 2.75) is 11.0 Å². The van der Waals surface area contributed by atoms with Gasteiger partial charge in [-0.2, -0.15) is 0 Å². The Balaban J connectivity index is 1.51. The van der Waals surface area contributed by atoms with Crippen LogP contribution < -0.4 is 0 Å². The second-order valence-electron chi connectivity index (χ2n) is 4.89. The lowest BCUT2D eigenvalue weighted by atomic mass is 10.2. The lowest BCUT2D eigenvalue weighted by molar-refractivity contribution is 0.463. The second kappa shape index (κ2) is 6.06. The average molecular weight is 343 g/mol. The molecule has 23 heavy (non-hydrogen) atoms. The maximum atomic E-state index is 5.88. The molecule has 0 saturated carbocycles. The summed E-state index contributed by atoms with van der Waals surface area (Å²) in [5.41, 5.74) is 2.95. The minimum Gasteiger partial charge on any atom is -0.408 e. The van der Waals surface area contributed by atoms with Crippen LogP contribution in [0.5, 0.6) is 0 Å². The molecule has 2 heterocycles. The number of halogens is 1. The molecule has 0 amide bonds. The number of para-hydroxylation sites is 2. The summed E-state index contributed by atoms with van der Waals surface area (Å²) in [6.07, 6.45) is 0. The summed E-state index contributed by atoms with van der Waals surface area (Å²) in [5.74, 6) is 1.70. The Morgan fingerprint density at radius 1 is 1.04 bits per heavy atom. The Kier molecular flexibility index (Phi) is 3.77. The van der Waals surface area contributed by atoms with Crippen LogP contribution in [0.1, 0.15) is 5.56 Å². The highest BCUT2D eigenvalue weighted by atomic mass is 35.5. The lowest BCUT2D eigenvalue weighted by Crippen LogP contribution is -1.80. The van der Waals surface area contributed by atoms with E-state index in [9.17, 15) is 0 Å². The first-order chi connectivity index (χ1) is 11.3. The average Bonchev–Trinajstić information content (AvgIpc) is 3.21. The van der Waals surface area contributed by atoms with E-state index in [2.05, 4.69) is 20.2 Å². The fourth-order valence-electron chi connectivity index (χ4n) is 2.14. The molecular weight excluding hydrogens is 332 g/mol. The number of aromatic amines is 1. The van der Waals surface area contributed by atoms with Gasteiger partial charge in [0.25, 0.3) is 11.1 Å². The molecule has 2 aromatic carbocycles. The summed E-state index contributed by atoms with van der Waals surface area (Å²) in [4.78, 5) is 7.62. The maximum Gasteiger partial charge on any atom is 0.284 e. The molecule has 0 aliphatic rings. The van der Waals surface area contributed by atoms with E-state index in [1.165, 1.54) is 11.8 Å². The Labute approximate surface area is 141 Å². The molecule has 0 atom stereocenters. The van der Waals surface area contributed by atoms with Gasteiger partial charge >= 0.3 is 0 Å². The first kappa shape index (κ1) is 14.3. The molecule has 0 fully saturated rings. The van der Waals surface area contributed by atoms with Crippen LogP contribution in [0.4, 0.5) is 0 Å². The maximum absolute atomic E-state index is 5.88. The third kappa shape index (κ3) is 3.09. The zero-order valence-electron chi connectivity index (χ0n) is 11.9. The Bertz CT molecular complexity index is 915. The molecule has 0 radical (unpaired) electrons. The quantitative estimate of drug-likeness (QED) is 0.551. The summed E-state index contributed by atoms with van der Waals surface area (Å²) < 4.78 is 5.67. The van der Waals surface area contributed by atoms with Gasteiger partial charge in [-0.25, -0.2) is 4.98 Å². The van der Waals surface area contributed by atoms with E-state index in [0.717, 1.165) is 27.4 Å². The van der Waals surface area contributed by atoms with Crippen LogP contribution in [-0.4, -0.2) is 20.2 Å². The number of aromatic nitrogens is 4. The molecular formula is C16H11ClN4OS. The fourth-order valence-corrected chi connectivity index (χ4v) is 2.99. The number of thioether (sulfide) groups is 1. The molecule has 4 aromatic rings. The molecule has 7 heteroatoms. The molecule has 0 spiro atoms. The zero-order valence-corrected chi connectivity index (χ0v) is 13.4. The van der Waals surface area contributed by atoms with E-state index in [4.69, 9.17) is 16.0 Å². The largest absolute Gasteiger partial charge is 0.408 e. The highest BCUT2D eigenvalue weighted by Crippen LogP contribution is 2.26. The predicted octanol–water partition coefficient (Wildman–Crippen LogP) is 4.56.